The van der Waals surface area contributed by atoms with E-state index in [1.165, 1.54) is 16.2 Å². The summed E-state index contributed by atoms with van der Waals surface area (Å²) < 4.78 is 25.0. The topological polar surface area (TPSA) is 51.2 Å². The molecule has 0 heterocycles. The fourth-order valence-electron chi connectivity index (χ4n) is 0. The molecule has 0 bridgehead atoms. The molecule has 2 radical (unpaired) electrons. The molecule has 0 aromatic rings. The summed E-state index contributed by atoms with van der Waals surface area (Å²) in [4.78, 5) is 0. The molecule has 32 valence electrons. The van der Waals surface area contributed by atoms with E-state index in [-0.39, 0.29) is 11.0 Å². The molecule has 0 N–H and O–H groups in total. The molecule has 6 heavy (non-hydrogen) atoms. The van der Waals surface area contributed by atoms with E-state index in [0.29, 0.717) is 0 Å². The third-order valence-corrected chi connectivity index (χ3v) is 0. The van der Waals surface area contributed by atoms with E-state index >= 15 is 0 Å². The maximum absolute atomic E-state index is 8.40. The zero-order valence-electron chi connectivity index (χ0n) is 3.30. The zero-order valence-corrected chi connectivity index (χ0v) is 7.46. The minimum absolute atomic E-state index is 0. The average Bonchev–Trinajstić information content (AvgIpc) is 1.46. The fraction of sp³-hybridized carbons (Fsp3) is 0. The zero-order chi connectivity index (χ0) is 4.71. The van der Waals surface area contributed by atoms with Crippen LogP contribution in [0.3, 0.4) is 0 Å². The minimum atomic E-state index is -1.42. The maximum Gasteiger partial charge on any atom is -0.0125 e. The Morgan fingerprint density at radius 2 is 1.17 bits per heavy atom. The third kappa shape index (κ3) is 369. The molecule has 0 aliphatic heterocycles. The summed E-state index contributed by atoms with van der Waals surface area (Å²) in [7, 11) is -1.42. The van der Waals surface area contributed by atoms with Crippen molar-refractivity contribution in [3.63, 3.8) is 0 Å². The van der Waals surface area contributed by atoms with Gasteiger partial charge in [-0.2, -0.15) is 0 Å². The van der Waals surface area contributed by atoms with Crippen LogP contribution >= 0.6 is 0 Å². The van der Waals surface area contributed by atoms with Gasteiger partial charge in [-0.1, -0.05) is 0 Å². The second kappa shape index (κ2) is 54.8. The molecule has 0 aliphatic carbocycles. The van der Waals surface area contributed by atoms with Crippen LogP contribution in [-0.2, 0) is 12.7 Å². The molecule has 0 saturated carbocycles. The van der Waals surface area contributed by atoms with E-state index in [1.54, 1.807) is 0 Å². The second-order valence-corrected chi connectivity index (χ2v) is 0.250. The van der Waals surface area contributed by atoms with Gasteiger partial charge in [-0.3, -0.25) is 8.92 Å². The Balaban J connectivity index is -0.0000000275. The van der Waals surface area contributed by atoms with Gasteiger partial charge in [0.05, 0.1) is 0 Å². The maximum atomic E-state index is 8.40. The van der Waals surface area contributed by atoms with Gasteiger partial charge in [-0.15, -0.1) is 0 Å². The van der Waals surface area contributed by atoms with Gasteiger partial charge < -0.3 is 0 Å². The Labute approximate surface area is 49.7 Å². The molecule has 3 nitrogen and oxygen atoms in total. The summed E-state index contributed by atoms with van der Waals surface area (Å²) in [5.41, 5.74) is 0. The normalized spacial score (nSPS) is 1.83. The van der Waals surface area contributed by atoms with Crippen molar-refractivity contribution in [2.75, 3.05) is 0 Å². The van der Waals surface area contributed by atoms with Crippen LogP contribution in [0.2, 0.25) is 0 Å². The van der Waals surface area contributed by atoms with Crippen molar-refractivity contribution in [1.82, 2.24) is 0 Å². The molecule has 0 atom stereocenters. The Bertz CT molecular complexity index is 38.1. The van der Waals surface area contributed by atoms with Crippen LogP contribution in [0.4, 0.5) is 0 Å². The van der Waals surface area contributed by atoms with Crippen molar-refractivity contribution in [3.05, 3.63) is 0 Å². The molecule has 6 heteroatoms. The average molecular weight is 134 g/mol. The van der Waals surface area contributed by atoms with Gasteiger partial charge >= 0.3 is 29.3 Å². The van der Waals surface area contributed by atoms with Gasteiger partial charge in [-0.25, -0.2) is 0 Å². The van der Waals surface area contributed by atoms with Gasteiger partial charge in [0.2, 0.25) is 0 Å². The number of rotatable bonds is 0. The van der Waals surface area contributed by atoms with Gasteiger partial charge in [0.1, 0.15) is 0 Å². The quantitative estimate of drug-likeness (QED) is 0.350. The molecule has 0 amide bonds. The van der Waals surface area contributed by atoms with Crippen molar-refractivity contribution < 1.29 is 12.7 Å². The van der Waals surface area contributed by atoms with Crippen LogP contribution in [0.15, 0.2) is 0 Å². The van der Waals surface area contributed by atoms with Crippen molar-refractivity contribution in [2.45, 2.75) is 0 Å². The molecule has 0 aliphatic rings. The summed E-state index contributed by atoms with van der Waals surface area (Å²) in [6, 6.07) is 0. The molecule has 0 rings (SSSR count). The SMILES string of the molecule is O=[Si]=O.[O]=[Al].[SiH3]. The number of hydrogen-bond donors (Lipinski definition) is 0. The standard InChI is InChI=1S/Al.O2Si.O.H3Si/c;1-3-2;;/h;;;1H3. The van der Waals surface area contributed by atoms with Crippen LogP contribution in [-0.4, -0.2) is 36.5 Å². The second-order valence-electron chi connectivity index (χ2n) is 0.0833. The first-order valence-corrected chi connectivity index (χ1v) is 1.93. The molecule has 0 aromatic heterocycles. The Morgan fingerprint density at radius 3 is 1.17 bits per heavy atom. The molecule has 0 saturated heterocycles. The van der Waals surface area contributed by atoms with E-state index in [0.717, 1.165) is 0 Å². The Kier molecular flexibility index (Phi) is 148. The summed E-state index contributed by atoms with van der Waals surface area (Å²) in [5.74, 6) is 0. The van der Waals surface area contributed by atoms with E-state index in [1.807, 2.05) is 0 Å². The summed E-state index contributed by atoms with van der Waals surface area (Å²) in [6.45, 7) is 0. The molecular weight excluding hydrogens is 131 g/mol. The predicted octanol–water partition coefficient (Wildman–Crippen LogP) is -2.30. The van der Waals surface area contributed by atoms with E-state index in [4.69, 9.17) is 12.7 Å². The Morgan fingerprint density at radius 1 is 1.17 bits per heavy atom. The van der Waals surface area contributed by atoms with Gasteiger partial charge in [0, 0.05) is 0 Å². The first-order valence-electron chi connectivity index (χ1n) is 0.644. The monoisotopic (exact) mass is 134 g/mol. The van der Waals surface area contributed by atoms with E-state index in [2.05, 4.69) is 0 Å². The van der Waals surface area contributed by atoms with Gasteiger partial charge in [-0.05, 0) is 11.0 Å². The van der Waals surface area contributed by atoms with Crippen molar-refractivity contribution in [1.29, 1.82) is 0 Å². The van der Waals surface area contributed by atoms with Crippen LogP contribution in [0, 0.1) is 0 Å². The fourth-order valence-corrected chi connectivity index (χ4v) is 0. The summed E-state index contributed by atoms with van der Waals surface area (Å²) in [6.07, 6.45) is 0. The summed E-state index contributed by atoms with van der Waals surface area (Å²) in [5, 5.41) is 0. The minimum Gasteiger partial charge on any atom is -0.0125 e. The van der Waals surface area contributed by atoms with Crippen molar-refractivity contribution in [2.24, 2.45) is 0 Å². The van der Waals surface area contributed by atoms with Crippen LogP contribution in [0.1, 0.15) is 0 Å². The third-order valence-electron chi connectivity index (χ3n) is 0. The smallest absolute Gasteiger partial charge is 0.0125 e. The van der Waals surface area contributed by atoms with Crippen LogP contribution in [0.25, 0.3) is 0 Å². The first kappa shape index (κ1) is 16.2. The molecule has 0 aromatic carbocycles. The van der Waals surface area contributed by atoms with E-state index < -0.39 is 9.29 Å². The van der Waals surface area contributed by atoms with Crippen molar-refractivity contribution in [3.8, 4) is 0 Å². The van der Waals surface area contributed by atoms with Crippen LogP contribution in [0.5, 0.6) is 0 Å². The van der Waals surface area contributed by atoms with Gasteiger partial charge in [0.25, 0.3) is 0 Å². The molecule has 0 fully saturated rings. The van der Waals surface area contributed by atoms with E-state index in [9.17, 15) is 0 Å². The largest absolute Gasteiger partial charge is 0.0125 e. The first-order chi connectivity index (χ1) is 2.41. The Hall–Kier alpha value is 0.366. The van der Waals surface area contributed by atoms with Crippen molar-refractivity contribution >= 4 is 36.5 Å². The predicted molar refractivity (Wildman–Crippen MR) is 23.5 cm³/mol. The molecule has 0 unspecified atom stereocenters. The number of hydrogen-bond acceptors (Lipinski definition) is 3. The molecule has 0 spiro atoms. The van der Waals surface area contributed by atoms with Gasteiger partial charge in [0.15, 0.2) is 0 Å². The van der Waals surface area contributed by atoms with Crippen LogP contribution < -0.4 is 0 Å². The summed E-state index contributed by atoms with van der Waals surface area (Å²) >= 11 is 1.17. The molecular formula is H3AlO3Si2.